The summed E-state index contributed by atoms with van der Waals surface area (Å²) in [5, 5.41) is 3.07. The van der Waals surface area contributed by atoms with Crippen molar-refractivity contribution in [3.63, 3.8) is 0 Å². The largest absolute Gasteiger partial charge is 0.444 e. The Morgan fingerprint density at radius 3 is 2.32 bits per heavy atom. The van der Waals surface area contributed by atoms with Crippen LogP contribution in [0.2, 0.25) is 0 Å². The number of hydrogen-bond donors (Lipinski definition) is 1. The molecule has 138 valence electrons. The first-order chi connectivity index (χ1) is 11.7. The highest BCUT2D eigenvalue weighted by molar-refractivity contribution is 5.93. The molecule has 0 atom stereocenters. The van der Waals surface area contributed by atoms with Crippen LogP contribution >= 0.6 is 0 Å². The van der Waals surface area contributed by atoms with Crippen LogP contribution in [0.3, 0.4) is 0 Å². The van der Waals surface area contributed by atoms with Gasteiger partial charge in [-0.15, -0.1) is 0 Å². The molecular formula is C20H30N2O3. The van der Waals surface area contributed by atoms with Crippen molar-refractivity contribution < 1.29 is 14.3 Å². The van der Waals surface area contributed by atoms with Gasteiger partial charge in [-0.05, 0) is 51.2 Å². The smallest absolute Gasteiger partial charge is 0.410 e. The van der Waals surface area contributed by atoms with E-state index in [9.17, 15) is 9.59 Å². The molecule has 1 fully saturated rings. The van der Waals surface area contributed by atoms with Crippen molar-refractivity contribution in [2.45, 2.75) is 59.0 Å². The summed E-state index contributed by atoms with van der Waals surface area (Å²) in [6.45, 7) is 10.9. The molecule has 1 N–H and O–H groups in total. The number of benzene rings is 1. The van der Waals surface area contributed by atoms with Gasteiger partial charge in [0.15, 0.2) is 0 Å². The van der Waals surface area contributed by atoms with Crippen LogP contribution in [0.4, 0.5) is 10.5 Å². The minimum Gasteiger partial charge on any atom is -0.444 e. The highest BCUT2D eigenvalue weighted by Gasteiger charge is 2.30. The van der Waals surface area contributed by atoms with Crippen LogP contribution in [0, 0.1) is 5.92 Å². The number of para-hydroxylation sites is 1. The maximum absolute atomic E-state index is 12.6. The van der Waals surface area contributed by atoms with E-state index in [1.807, 2.05) is 45.0 Å². The normalized spacial score (nSPS) is 16.0. The minimum absolute atomic E-state index is 0.0388. The first kappa shape index (κ1) is 19.3. The standard InChI is InChI=1S/C20H30N2O3/c1-14(2)16-8-6-7-9-17(16)21-18(23)15-10-12-22(13-11-15)19(24)25-20(3,4)5/h6-9,14-15H,10-13H2,1-5H3,(H,21,23). The molecule has 1 aliphatic heterocycles. The predicted molar refractivity (Wildman–Crippen MR) is 99.7 cm³/mol. The molecule has 0 aromatic heterocycles. The molecule has 25 heavy (non-hydrogen) atoms. The van der Waals surface area contributed by atoms with E-state index in [-0.39, 0.29) is 17.9 Å². The second-order valence-corrected chi connectivity index (χ2v) is 7.97. The van der Waals surface area contributed by atoms with Crippen molar-refractivity contribution in [2.75, 3.05) is 18.4 Å². The molecule has 1 heterocycles. The van der Waals surface area contributed by atoms with Gasteiger partial charge in [-0.25, -0.2) is 4.79 Å². The van der Waals surface area contributed by atoms with Gasteiger partial charge in [-0.1, -0.05) is 32.0 Å². The number of amides is 2. The topological polar surface area (TPSA) is 58.6 Å². The van der Waals surface area contributed by atoms with Gasteiger partial charge >= 0.3 is 6.09 Å². The van der Waals surface area contributed by atoms with Crippen molar-refractivity contribution in [2.24, 2.45) is 5.92 Å². The van der Waals surface area contributed by atoms with Gasteiger partial charge < -0.3 is 15.0 Å². The number of rotatable bonds is 3. The van der Waals surface area contributed by atoms with E-state index in [0.29, 0.717) is 31.8 Å². The molecule has 1 aliphatic rings. The number of nitrogens with one attached hydrogen (secondary N) is 1. The van der Waals surface area contributed by atoms with Crippen LogP contribution in [0.5, 0.6) is 0 Å². The van der Waals surface area contributed by atoms with Gasteiger partial charge in [-0.3, -0.25) is 4.79 Å². The molecule has 5 nitrogen and oxygen atoms in total. The Kier molecular flexibility index (Phi) is 6.09. The number of piperidine rings is 1. The lowest BCUT2D eigenvalue weighted by atomic mass is 9.95. The van der Waals surface area contributed by atoms with E-state index in [1.54, 1.807) is 4.90 Å². The molecule has 0 bridgehead atoms. The van der Waals surface area contributed by atoms with Gasteiger partial charge in [-0.2, -0.15) is 0 Å². The zero-order valence-corrected chi connectivity index (χ0v) is 16.0. The highest BCUT2D eigenvalue weighted by atomic mass is 16.6. The van der Waals surface area contributed by atoms with Gasteiger partial charge in [0.2, 0.25) is 5.91 Å². The van der Waals surface area contributed by atoms with Gasteiger partial charge in [0, 0.05) is 24.7 Å². The van der Waals surface area contributed by atoms with Gasteiger partial charge in [0.25, 0.3) is 0 Å². The zero-order valence-electron chi connectivity index (χ0n) is 16.0. The fourth-order valence-corrected chi connectivity index (χ4v) is 3.00. The summed E-state index contributed by atoms with van der Waals surface area (Å²) in [5.41, 5.74) is 1.53. The Labute approximate surface area is 150 Å². The van der Waals surface area contributed by atoms with Crippen LogP contribution in [0.15, 0.2) is 24.3 Å². The molecule has 2 amide bonds. The molecule has 1 saturated heterocycles. The van der Waals surface area contributed by atoms with Crippen molar-refractivity contribution in [3.05, 3.63) is 29.8 Å². The summed E-state index contributed by atoms with van der Waals surface area (Å²) >= 11 is 0. The van der Waals surface area contributed by atoms with Crippen LogP contribution in [-0.4, -0.2) is 35.6 Å². The number of hydrogen-bond acceptors (Lipinski definition) is 3. The van der Waals surface area contributed by atoms with Crippen LogP contribution in [0.25, 0.3) is 0 Å². The maximum atomic E-state index is 12.6. The Bertz CT molecular complexity index is 612. The Hall–Kier alpha value is -2.04. The number of likely N-dealkylation sites (tertiary alicyclic amines) is 1. The lowest BCUT2D eigenvalue weighted by Crippen LogP contribution is -2.43. The predicted octanol–water partition coefficient (Wildman–Crippen LogP) is 4.40. The quantitative estimate of drug-likeness (QED) is 0.883. The average Bonchev–Trinajstić information content (AvgIpc) is 2.53. The zero-order chi connectivity index (χ0) is 18.6. The van der Waals surface area contributed by atoms with Crippen molar-refractivity contribution in [3.8, 4) is 0 Å². The lowest BCUT2D eigenvalue weighted by Gasteiger charge is -2.33. The number of nitrogens with zero attached hydrogens (tertiary/aromatic N) is 1. The second-order valence-electron chi connectivity index (χ2n) is 7.97. The summed E-state index contributed by atoms with van der Waals surface area (Å²) in [6, 6.07) is 7.92. The summed E-state index contributed by atoms with van der Waals surface area (Å²) in [6.07, 6.45) is 1.03. The van der Waals surface area contributed by atoms with Crippen LogP contribution in [-0.2, 0) is 9.53 Å². The Morgan fingerprint density at radius 1 is 1.16 bits per heavy atom. The first-order valence-electron chi connectivity index (χ1n) is 9.05. The molecular weight excluding hydrogens is 316 g/mol. The third-order valence-corrected chi connectivity index (χ3v) is 4.36. The third-order valence-electron chi connectivity index (χ3n) is 4.36. The summed E-state index contributed by atoms with van der Waals surface area (Å²) in [4.78, 5) is 26.4. The molecule has 0 saturated carbocycles. The molecule has 0 radical (unpaired) electrons. The second kappa shape index (κ2) is 7.89. The summed E-state index contributed by atoms with van der Waals surface area (Å²) in [5.74, 6) is 0.321. The van der Waals surface area contributed by atoms with Crippen LogP contribution < -0.4 is 5.32 Å². The van der Waals surface area contributed by atoms with E-state index in [0.717, 1.165) is 11.3 Å². The molecule has 0 aliphatic carbocycles. The minimum atomic E-state index is -0.494. The van der Waals surface area contributed by atoms with Gasteiger partial charge in [0.05, 0.1) is 0 Å². The van der Waals surface area contributed by atoms with E-state index in [4.69, 9.17) is 4.74 Å². The fourth-order valence-electron chi connectivity index (χ4n) is 3.00. The van der Waals surface area contributed by atoms with E-state index in [2.05, 4.69) is 19.2 Å². The average molecular weight is 346 g/mol. The molecule has 0 spiro atoms. The monoisotopic (exact) mass is 346 g/mol. The molecule has 5 heteroatoms. The van der Waals surface area contributed by atoms with E-state index >= 15 is 0 Å². The number of ether oxygens (including phenoxy) is 1. The first-order valence-corrected chi connectivity index (χ1v) is 9.05. The van der Waals surface area contributed by atoms with Crippen molar-refractivity contribution in [1.29, 1.82) is 0 Å². The lowest BCUT2D eigenvalue weighted by molar-refractivity contribution is -0.121. The molecule has 1 aromatic rings. The maximum Gasteiger partial charge on any atom is 0.410 e. The van der Waals surface area contributed by atoms with E-state index in [1.165, 1.54) is 0 Å². The van der Waals surface area contributed by atoms with Crippen molar-refractivity contribution in [1.82, 2.24) is 4.90 Å². The van der Waals surface area contributed by atoms with E-state index < -0.39 is 5.60 Å². The Morgan fingerprint density at radius 2 is 1.76 bits per heavy atom. The summed E-state index contributed by atoms with van der Waals surface area (Å²) in [7, 11) is 0. The summed E-state index contributed by atoms with van der Waals surface area (Å²) < 4.78 is 5.40. The van der Waals surface area contributed by atoms with Gasteiger partial charge in [0.1, 0.15) is 5.60 Å². The fraction of sp³-hybridized carbons (Fsp3) is 0.600. The van der Waals surface area contributed by atoms with Crippen LogP contribution in [0.1, 0.15) is 58.9 Å². The Balaban J connectivity index is 1.91. The molecule has 0 unspecified atom stereocenters. The highest BCUT2D eigenvalue weighted by Crippen LogP contribution is 2.26. The number of carbonyl (C=O) groups excluding carboxylic acids is 2. The number of anilines is 1. The van der Waals surface area contributed by atoms with Crippen molar-refractivity contribution >= 4 is 17.7 Å². The molecule has 2 rings (SSSR count). The molecule has 1 aromatic carbocycles. The third kappa shape index (κ3) is 5.48. The number of carbonyl (C=O) groups is 2. The SMILES string of the molecule is CC(C)c1ccccc1NC(=O)C1CCN(C(=O)OC(C)(C)C)CC1.